The standard InChI is InChI=1S/C16H27NO3/c1-10(2)13-7-4-11(3)8-14(13)20-15(18)9-17-16(19)12-5-6-12/h10-14H,4-9H2,1-3H3,(H,17,19)/t11-,13-,14-/m1/s1. The van der Waals surface area contributed by atoms with E-state index in [1.165, 1.54) is 6.42 Å². The van der Waals surface area contributed by atoms with Crippen molar-refractivity contribution >= 4 is 11.9 Å². The highest BCUT2D eigenvalue weighted by molar-refractivity contribution is 5.84. The molecule has 114 valence electrons. The molecule has 20 heavy (non-hydrogen) atoms. The molecule has 0 aromatic rings. The molecule has 0 aromatic carbocycles. The van der Waals surface area contributed by atoms with E-state index in [2.05, 4.69) is 26.1 Å². The van der Waals surface area contributed by atoms with E-state index in [4.69, 9.17) is 4.74 Å². The maximum atomic E-state index is 11.9. The van der Waals surface area contributed by atoms with E-state index < -0.39 is 0 Å². The fourth-order valence-corrected chi connectivity index (χ4v) is 3.11. The molecule has 0 spiro atoms. The molecule has 2 aliphatic rings. The van der Waals surface area contributed by atoms with Gasteiger partial charge in [-0.3, -0.25) is 9.59 Å². The Morgan fingerprint density at radius 2 is 1.90 bits per heavy atom. The summed E-state index contributed by atoms with van der Waals surface area (Å²) in [5, 5.41) is 2.68. The van der Waals surface area contributed by atoms with Crippen LogP contribution in [0.2, 0.25) is 0 Å². The van der Waals surface area contributed by atoms with Gasteiger partial charge in [-0.15, -0.1) is 0 Å². The SMILES string of the molecule is CC(C)[C@H]1CC[C@@H](C)C[C@H]1OC(=O)CNC(=O)C1CC1. The van der Waals surface area contributed by atoms with Gasteiger partial charge in [0.05, 0.1) is 0 Å². The lowest BCUT2D eigenvalue weighted by Gasteiger charge is -2.36. The summed E-state index contributed by atoms with van der Waals surface area (Å²) in [5.41, 5.74) is 0. The molecule has 0 unspecified atom stereocenters. The van der Waals surface area contributed by atoms with Crippen LogP contribution in [0.4, 0.5) is 0 Å². The number of carbonyl (C=O) groups excluding carboxylic acids is 2. The van der Waals surface area contributed by atoms with E-state index in [0.29, 0.717) is 17.8 Å². The maximum absolute atomic E-state index is 11.9. The second-order valence-corrected chi connectivity index (χ2v) is 6.85. The van der Waals surface area contributed by atoms with E-state index in [9.17, 15) is 9.59 Å². The summed E-state index contributed by atoms with van der Waals surface area (Å²) >= 11 is 0. The molecule has 0 bridgehead atoms. The van der Waals surface area contributed by atoms with E-state index >= 15 is 0 Å². The minimum absolute atomic E-state index is 0.000582. The van der Waals surface area contributed by atoms with Crippen LogP contribution in [0.25, 0.3) is 0 Å². The number of ether oxygens (including phenoxy) is 1. The first-order chi connectivity index (χ1) is 9.47. The van der Waals surface area contributed by atoms with Crippen LogP contribution in [0.1, 0.15) is 52.9 Å². The van der Waals surface area contributed by atoms with Gasteiger partial charge in [-0.05, 0) is 43.4 Å². The van der Waals surface area contributed by atoms with Crippen molar-refractivity contribution in [2.75, 3.05) is 6.54 Å². The van der Waals surface area contributed by atoms with Gasteiger partial charge >= 0.3 is 5.97 Å². The lowest BCUT2D eigenvalue weighted by Crippen LogP contribution is -2.39. The molecule has 3 atom stereocenters. The summed E-state index contributed by atoms with van der Waals surface area (Å²) in [4.78, 5) is 23.4. The predicted octanol–water partition coefficient (Wildman–Crippen LogP) is 2.52. The second-order valence-electron chi connectivity index (χ2n) is 6.85. The zero-order valence-corrected chi connectivity index (χ0v) is 12.9. The van der Waals surface area contributed by atoms with Crippen molar-refractivity contribution in [1.29, 1.82) is 0 Å². The van der Waals surface area contributed by atoms with Gasteiger partial charge in [-0.25, -0.2) is 0 Å². The largest absolute Gasteiger partial charge is 0.461 e. The minimum atomic E-state index is -0.288. The summed E-state index contributed by atoms with van der Waals surface area (Å²) in [6, 6.07) is 0. The molecule has 0 aromatic heterocycles. The van der Waals surface area contributed by atoms with Gasteiger partial charge in [0, 0.05) is 5.92 Å². The third-order valence-electron chi connectivity index (χ3n) is 4.60. The fraction of sp³-hybridized carbons (Fsp3) is 0.875. The molecule has 1 N–H and O–H groups in total. The Morgan fingerprint density at radius 1 is 1.20 bits per heavy atom. The number of carbonyl (C=O) groups is 2. The van der Waals surface area contributed by atoms with E-state index in [-0.39, 0.29) is 30.4 Å². The molecular formula is C16H27NO3. The van der Waals surface area contributed by atoms with Crippen LogP contribution in [0.15, 0.2) is 0 Å². The van der Waals surface area contributed by atoms with Gasteiger partial charge in [0.25, 0.3) is 0 Å². The highest BCUT2D eigenvalue weighted by Crippen LogP contribution is 2.35. The molecule has 0 radical (unpaired) electrons. The topological polar surface area (TPSA) is 55.4 Å². The van der Waals surface area contributed by atoms with Crippen LogP contribution in [-0.2, 0) is 14.3 Å². The summed E-state index contributed by atoms with van der Waals surface area (Å²) in [6.45, 7) is 6.62. The highest BCUT2D eigenvalue weighted by Gasteiger charge is 2.34. The van der Waals surface area contributed by atoms with Gasteiger partial charge in [-0.2, -0.15) is 0 Å². The molecular weight excluding hydrogens is 254 g/mol. The molecule has 0 heterocycles. The van der Waals surface area contributed by atoms with E-state index in [1.807, 2.05) is 0 Å². The van der Waals surface area contributed by atoms with Crippen molar-refractivity contribution in [2.24, 2.45) is 23.7 Å². The Balaban J connectivity index is 1.79. The quantitative estimate of drug-likeness (QED) is 0.788. The van der Waals surface area contributed by atoms with Crippen LogP contribution < -0.4 is 5.32 Å². The number of amides is 1. The average molecular weight is 281 g/mol. The summed E-state index contributed by atoms with van der Waals surface area (Å²) < 4.78 is 5.63. The van der Waals surface area contributed by atoms with Crippen molar-refractivity contribution in [2.45, 2.75) is 59.0 Å². The molecule has 1 amide bonds. The number of rotatable bonds is 5. The average Bonchev–Trinajstić information content (AvgIpc) is 3.19. The second kappa shape index (κ2) is 6.59. The maximum Gasteiger partial charge on any atom is 0.325 e. The van der Waals surface area contributed by atoms with Gasteiger partial charge in [-0.1, -0.05) is 27.2 Å². The Bertz CT molecular complexity index is 363. The number of nitrogens with one attached hydrogen (secondary N) is 1. The number of esters is 1. The third-order valence-corrected chi connectivity index (χ3v) is 4.60. The van der Waals surface area contributed by atoms with E-state index in [1.54, 1.807) is 0 Å². The first-order valence-corrected chi connectivity index (χ1v) is 7.94. The molecule has 4 heteroatoms. The highest BCUT2D eigenvalue weighted by atomic mass is 16.5. The fourth-order valence-electron chi connectivity index (χ4n) is 3.11. The lowest BCUT2D eigenvalue weighted by atomic mass is 9.75. The number of hydrogen-bond donors (Lipinski definition) is 1. The molecule has 0 saturated heterocycles. The molecule has 2 rings (SSSR count). The minimum Gasteiger partial charge on any atom is -0.461 e. The van der Waals surface area contributed by atoms with Gasteiger partial charge in [0.1, 0.15) is 12.6 Å². The predicted molar refractivity (Wildman–Crippen MR) is 77.0 cm³/mol. The molecule has 2 saturated carbocycles. The van der Waals surface area contributed by atoms with E-state index in [0.717, 1.165) is 25.7 Å². The Hall–Kier alpha value is -1.06. The van der Waals surface area contributed by atoms with Gasteiger partial charge in [0.15, 0.2) is 0 Å². The monoisotopic (exact) mass is 281 g/mol. The Labute approximate surface area is 121 Å². The van der Waals surface area contributed by atoms with Crippen LogP contribution >= 0.6 is 0 Å². The summed E-state index contributed by atoms with van der Waals surface area (Å²) in [6.07, 6.45) is 5.22. The molecule has 0 aliphatic heterocycles. The molecule has 2 fully saturated rings. The normalized spacial score (nSPS) is 30.1. The van der Waals surface area contributed by atoms with Crippen LogP contribution in [0.5, 0.6) is 0 Å². The molecule has 2 aliphatic carbocycles. The van der Waals surface area contributed by atoms with Crippen molar-refractivity contribution in [3.63, 3.8) is 0 Å². The first kappa shape index (κ1) is 15.3. The van der Waals surface area contributed by atoms with Crippen molar-refractivity contribution in [1.82, 2.24) is 5.32 Å². The smallest absolute Gasteiger partial charge is 0.325 e. The Kier molecular flexibility index (Phi) is 5.06. The summed E-state index contributed by atoms with van der Waals surface area (Å²) in [7, 11) is 0. The summed E-state index contributed by atoms with van der Waals surface area (Å²) in [5.74, 6) is 1.45. The third kappa shape index (κ3) is 4.22. The van der Waals surface area contributed by atoms with Crippen molar-refractivity contribution < 1.29 is 14.3 Å². The van der Waals surface area contributed by atoms with Gasteiger partial charge < -0.3 is 10.1 Å². The van der Waals surface area contributed by atoms with Crippen LogP contribution in [-0.4, -0.2) is 24.5 Å². The van der Waals surface area contributed by atoms with Crippen molar-refractivity contribution in [3.05, 3.63) is 0 Å². The van der Waals surface area contributed by atoms with Gasteiger partial charge in [0.2, 0.25) is 5.91 Å². The lowest BCUT2D eigenvalue weighted by molar-refractivity contribution is -0.155. The zero-order chi connectivity index (χ0) is 14.7. The Morgan fingerprint density at radius 3 is 2.50 bits per heavy atom. The number of hydrogen-bond acceptors (Lipinski definition) is 3. The van der Waals surface area contributed by atoms with Crippen LogP contribution in [0, 0.1) is 23.7 Å². The molecule has 4 nitrogen and oxygen atoms in total. The van der Waals surface area contributed by atoms with Crippen molar-refractivity contribution in [3.8, 4) is 0 Å². The first-order valence-electron chi connectivity index (χ1n) is 7.94. The van der Waals surface area contributed by atoms with Crippen LogP contribution in [0.3, 0.4) is 0 Å². The zero-order valence-electron chi connectivity index (χ0n) is 12.9.